The van der Waals surface area contributed by atoms with E-state index in [2.05, 4.69) is 46.7 Å². The van der Waals surface area contributed by atoms with Crippen molar-refractivity contribution >= 4 is 34.2 Å². The van der Waals surface area contributed by atoms with Crippen molar-refractivity contribution in [3.63, 3.8) is 0 Å². The van der Waals surface area contributed by atoms with E-state index in [1.165, 1.54) is 18.2 Å². The molecule has 3 aromatic rings. The monoisotopic (exact) mass is 422 g/mol. The van der Waals surface area contributed by atoms with Crippen molar-refractivity contribution in [1.82, 2.24) is 10.3 Å². The Hall–Kier alpha value is -2.70. The molecule has 1 aliphatic heterocycles. The van der Waals surface area contributed by atoms with Gasteiger partial charge in [-0.25, -0.2) is 4.79 Å². The van der Waals surface area contributed by atoms with Gasteiger partial charge in [0.1, 0.15) is 11.3 Å². The number of aromatic hydroxyl groups is 1. The summed E-state index contributed by atoms with van der Waals surface area (Å²) >= 11 is 1.88. The molecule has 1 unspecified atom stereocenters. The molecule has 0 aliphatic carbocycles. The standard InChI is InChI=1S/C24H26N2O3S/c1-29-24(28)21-12-22-20(13-23(21)27)18(14-26-22)15-30-10-8-19-11-17(7-9-25-19)16-5-3-2-4-6-16/h2-7,12-14,19,25-27H,8-11,15H2,1H3. The van der Waals surface area contributed by atoms with Gasteiger partial charge in [0.2, 0.25) is 0 Å². The predicted octanol–water partition coefficient (Wildman–Crippen LogP) is 4.73. The zero-order valence-electron chi connectivity index (χ0n) is 17.0. The van der Waals surface area contributed by atoms with E-state index in [1.54, 1.807) is 12.1 Å². The highest BCUT2D eigenvalue weighted by molar-refractivity contribution is 7.98. The van der Waals surface area contributed by atoms with Crippen LogP contribution in [0.2, 0.25) is 0 Å². The van der Waals surface area contributed by atoms with Gasteiger partial charge >= 0.3 is 5.97 Å². The highest BCUT2D eigenvalue weighted by atomic mass is 32.2. The van der Waals surface area contributed by atoms with Gasteiger partial charge in [0, 0.05) is 35.4 Å². The second-order valence-electron chi connectivity index (χ2n) is 7.47. The van der Waals surface area contributed by atoms with Gasteiger partial charge in [-0.3, -0.25) is 0 Å². The van der Waals surface area contributed by atoms with Crippen LogP contribution in [0.1, 0.15) is 34.3 Å². The van der Waals surface area contributed by atoms with Crippen molar-refractivity contribution in [2.24, 2.45) is 0 Å². The molecule has 0 saturated carbocycles. The number of fused-ring (bicyclic) bond motifs is 1. The molecule has 3 N–H and O–H groups in total. The van der Waals surface area contributed by atoms with Crippen molar-refractivity contribution in [3.05, 3.63) is 71.4 Å². The lowest BCUT2D eigenvalue weighted by molar-refractivity contribution is 0.0597. The van der Waals surface area contributed by atoms with Gasteiger partial charge in [0.25, 0.3) is 0 Å². The first-order valence-electron chi connectivity index (χ1n) is 10.1. The fourth-order valence-corrected chi connectivity index (χ4v) is 4.93. The quantitative estimate of drug-likeness (QED) is 0.379. The van der Waals surface area contributed by atoms with Gasteiger partial charge in [-0.05, 0) is 47.4 Å². The lowest BCUT2D eigenvalue weighted by Gasteiger charge is -2.24. The Labute approximate surface area is 180 Å². The molecule has 0 radical (unpaired) electrons. The summed E-state index contributed by atoms with van der Waals surface area (Å²) in [5.74, 6) is 1.32. The number of methoxy groups -OCH3 is 1. The Morgan fingerprint density at radius 3 is 2.90 bits per heavy atom. The molecule has 0 saturated heterocycles. The van der Waals surface area contributed by atoms with E-state index in [1.807, 2.05) is 18.0 Å². The van der Waals surface area contributed by atoms with E-state index < -0.39 is 5.97 Å². The number of nitrogens with one attached hydrogen (secondary N) is 2. The number of rotatable bonds is 7. The summed E-state index contributed by atoms with van der Waals surface area (Å²) in [4.78, 5) is 14.9. The fourth-order valence-electron chi connectivity index (χ4n) is 3.88. The first-order chi connectivity index (χ1) is 14.7. The number of phenols is 1. The Bertz CT molecular complexity index is 1060. The van der Waals surface area contributed by atoms with Gasteiger partial charge in [-0.2, -0.15) is 11.8 Å². The van der Waals surface area contributed by atoms with Crippen LogP contribution in [0, 0.1) is 0 Å². The molecule has 5 nitrogen and oxygen atoms in total. The van der Waals surface area contributed by atoms with Crippen LogP contribution in [-0.4, -0.2) is 41.5 Å². The summed E-state index contributed by atoms with van der Waals surface area (Å²) in [5.41, 5.74) is 4.88. The summed E-state index contributed by atoms with van der Waals surface area (Å²) in [6, 6.07) is 14.4. The molecule has 0 spiro atoms. The van der Waals surface area contributed by atoms with Crippen LogP contribution in [0.4, 0.5) is 0 Å². The van der Waals surface area contributed by atoms with Crippen molar-refractivity contribution in [1.29, 1.82) is 0 Å². The molecule has 156 valence electrons. The van der Waals surface area contributed by atoms with Crippen LogP contribution >= 0.6 is 11.8 Å². The summed E-state index contributed by atoms with van der Waals surface area (Å²) < 4.78 is 4.72. The van der Waals surface area contributed by atoms with Gasteiger partial charge in [-0.1, -0.05) is 36.4 Å². The Kier molecular flexibility index (Phi) is 6.45. The van der Waals surface area contributed by atoms with Gasteiger partial charge in [-0.15, -0.1) is 0 Å². The topological polar surface area (TPSA) is 74.4 Å². The summed E-state index contributed by atoms with van der Waals surface area (Å²) in [5, 5.41) is 14.7. The van der Waals surface area contributed by atoms with Crippen LogP contribution in [0.3, 0.4) is 0 Å². The number of H-pyrrole nitrogens is 1. The Balaban J connectivity index is 1.32. The maximum atomic E-state index is 11.7. The van der Waals surface area contributed by atoms with E-state index in [-0.39, 0.29) is 11.3 Å². The number of aromatic amines is 1. The molecule has 30 heavy (non-hydrogen) atoms. The average molecular weight is 423 g/mol. The number of carbonyl (C=O) groups is 1. The van der Waals surface area contributed by atoms with Crippen LogP contribution < -0.4 is 5.32 Å². The third-order valence-electron chi connectivity index (χ3n) is 5.52. The summed E-state index contributed by atoms with van der Waals surface area (Å²) in [7, 11) is 1.31. The number of ether oxygens (including phenoxy) is 1. The fraction of sp³-hybridized carbons (Fsp3) is 0.292. The largest absolute Gasteiger partial charge is 0.507 e. The van der Waals surface area contributed by atoms with Crippen molar-refractivity contribution in [2.45, 2.75) is 24.6 Å². The SMILES string of the molecule is COC(=O)c1cc2[nH]cc(CSCCC3CC(c4ccccc4)=CCN3)c2cc1O. The predicted molar refractivity (Wildman–Crippen MR) is 123 cm³/mol. The minimum Gasteiger partial charge on any atom is -0.507 e. The van der Waals surface area contributed by atoms with Crippen molar-refractivity contribution in [3.8, 4) is 5.75 Å². The molecule has 1 aliphatic rings. The number of carbonyl (C=O) groups excluding carboxylic acids is 1. The second-order valence-corrected chi connectivity index (χ2v) is 8.57. The van der Waals surface area contributed by atoms with E-state index in [4.69, 9.17) is 4.74 Å². The smallest absolute Gasteiger partial charge is 0.341 e. The normalized spacial score (nSPS) is 16.4. The zero-order valence-corrected chi connectivity index (χ0v) is 17.8. The van der Waals surface area contributed by atoms with Gasteiger partial charge < -0.3 is 20.1 Å². The number of aromatic nitrogens is 1. The van der Waals surface area contributed by atoms with E-state index in [0.717, 1.165) is 47.4 Å². The third kappa shape index (κ3) is 4.55. The summed E-state index contributed by atoms with van der Waals surface area (Å²) in [6.07, 6.45) is 6.41. The van der Waals surface area contributed by atoms with Crippen molar-refractivity contribution < 1.29 is 14.6 Å². The minimum atomic E-state index is -0.538. The van der Waals surface area contributed by atoms with Crippen molar-refractivity contribution in [2.75, 3.05) is 19.4 Å². The molecule has 1 atom stereocenters. The van der Waals surface area contributed by atoms with Crippen LogP contribution in [0.25, 0.3) is 16.5 Å². The molecule has 1 aromatic heterocycles. The van der Waals surface area contributed by atoms with Gasteiger partial charge in [0.15, 0.2) is 0 Å². The minimum absolute atomic E-state index is 0.0492. The number of benzene rings is 2. The second kappa shape index (κ2) is 9.41. The Morgan fingerprint density at radius 1 is 1.27 bits per heavy atom. The first kappa shape index (κ1) is 20.6. The molecule has 0 fully saturated rings. The molecule has 0 bridgehead atoms. The van der Waals surface area contributed by atoms with Crippen LogP contribution in [-0.2, 0) is 10.5 Å². The van der Waals surface area contributed by atoms with E-state index in [9.17, 15) is 9.90 Å². The molecule has 2 aromatic carbocycles. The number of hydrogen-bond donors (Lipinski definition) is 3. The maximum Gasteiger partial charge on any atom is 0.341 e. The van der Waals surface area contributed by atoms with E-state index in [0.29, 0.717) is 6.04 Å². The summed E-state index contributed by atoms with van der Waals surface area (Å²) in [6.45, 7) is 0.920. The molecule has 0 amide bonds. The molecular formula is C24H26N2O3S. The van der Waals surface area contributed by atoms with Gasteiger partial charge in [0.05, 0.1) is 7.11 Å². The number of hydrogen-bond acceptors (Lipinski definition) is 5. The molecule has 4 rings (SSSR count). The number of esters is 1. The number of phenolic OH excluding ortho intramolecular Hbond substituents is 1. The molecular weight excluding hydrogens is 396 g/mol. The lowest BCUT2D eigenvalue weighted by Crippen LogP contribution is -2.33. The average Bonchev–Trinajstić information content (AvgIpc) is 3.18. The van der Waals surface area contributed by atoms with E-state index >= 15 is 0 Å². The lowest BCUT2D eigenvalue weighted by atomic mass is 9.94. The van der Waals surface area contributed by atoms with Crippen LogP contribution in [0.15, 0.2) is 54.7 Å². The highest BCUT2D eigenvalue weighted by Gasteiger charge is 2.17. The maximum absolute atomic E-state index is 11.7. The zero-order chi connectivity index (χ0) is 20.9. The third-order valence-corrected chi connectivity index (χ3v) is 6.56. The first-order valence-corrected chi connectivity index (χ1v) is 11.3. The molecule has 2 heterocycles. The van der Waals surface area contributed by atoms with Crippen LogP contribution in [0.5, 0.6) is 5.75 Å². The highest BCUT2D eigenvalue weighted by Crippen LogP contribution is 2.30. The number of thioether (sulfide) groups is 1. The molecule has 6 heteroatoms. The Morgan fingerprint density at radius 2 is 2.10 bits per heavy atom.